The van der Waals surface area contributed by atoms with Crippen LogP contribution in [0.3, 0.4) is 0 Å². The van der Waals surface area contributed by atoms with Crippen LogP contribution in [0.4, 0.5) is 5.69 Å². The summed E-state index contributed by atoms with van der Waals surface area (Å²) in [6.07, 6.45) is 0. The van der Waals surface area contributed by atoms with E-state index in [1.54, 1.807) is 18.2 Å². The Hall–Kier alpha value is -1.88. The van der Waals surface area contributed by atoms with Crippen LogP contribution in [0.1, 0.15) is 5.56 Å². The topological polar surface area (TPSA) is 52.4 Å². The van der Waals surface area contributed by atoms with Gasteiger partial charge < -0.3 is 4.74 Å². The summed E-state index contributed by atoms with van der Waals surface area (Å²) in [6.45, 7) is 0.304. The third kappa shape index (κ3) is 2.87. The number of rotatable bonds is 4. The molecule has 0 aromatic heterocycles. The van der Waals surface area contributed by atoms with E-state index in [0.717, 1.165) is 5.56 Å². The van der Waals surface area contributed by atoms with E-state index in [-0.39, 0.29) is 11.4 Å². The van der Waals surface area contributed by atoms with Crippen LogP contribution in [0.2, 0.25) is 0 Å². The lowest BCUT2D eigenvalue weighted by Gasteiger charge is -2.07. The zero-order valence-electron chi connectivity index (χ0n) is 9.38. The molecule has 2 aromatic rings. The smallest absolute Gasteiger partial charge is 0.324 e. The number of hydrogen-bond acceptors (Lipinski definition) is 3. The number of nitro groups is 1. The molecule has 0 heterocycles. The Labute approximate surface area is 112 Å². The number of benzene rings is 2. The second kappa shape index (κ2) is 5.64. The number of nitro benzene ring substituents is 1. The highest BCUT2D eigenvalue weighted by Gasteiger charge is 2.19. The fourth-order valence-corrected chi connectivity index (χ4v) is 2.02. The lowest BCUT2D eigenvalue weighted by atomic mass is 10.2. The Morgan fingerprint density at radius 2 is 1.83 bits per heavy atom. The molecule has 0 aliphatic carbocycles. The van der Waals surface area contributed by atoms with Crippen LogP contribution < -0.4 is 4.74 Å². The van der Waals surface area contributed by atoms with Gasteiger partial charge >= 0.3 is 5.69 Å². The van der Waals surface area contributed by atoms with Gasteiger partial charge in [-0.3, -0.25) is 10.1 Å². The minimum absolute atomic E-state index is 0.0477. The lowest BCUT2D eigenvalue weighted by Crippen LogP contribution is -1.99. The summed E-state index contributed by atoms with van der Waals surface area (Å²) in [5.74, 6) is 0.262. The first-order chi connectivity index (χ1) is 8.68. The van der Waals surface area contributed by atoms with Gasteiger partial charge in [-0.05, 0) is 33.6 Å². The van der Waals surface area contributed by atoms with Crippen molar-refractivity contribution in [3.63, 3.8) is 0 Å². The second-order valence-corrected chi connectivity index (χ2v) is 4.47. The summed E-state index contributed by atoms with van der Waals surface area (Å²) in [7, 11) is 0. The highest BCUT2D eigenvalue weighted by Crippen LogP contribution is 2.34. The molecule has 5 heteroatoms. The summed E-state index contributed by atoms with van der Waals surface area (Å²) >= 11 is 3.15. The van der Waals surface area contributed by atoms with Gasteiger partial charge in [0.05, 0.1) is 9.40 Å². The van der Waals surface area contributed by atoms with E-state index in [9.17, 15) is 10.1 Å². The quantitative estimate of drug-likeness (QED) is 0.635. The second-order valence-electron chi connectivity index (χ2n) is 3.62. The number of nitrogens with zero attached hydrogens (tertiary/aromatic N) is 1. The molecule has 4 nitrogen and oxygen atoms in total. The molecule has 0 spiro atoms. The standard InChI is InChI=1S/C13H10BrNO3/c14-11-7-4-8-12(13(11)15(16)17)18-9-10-5-2-1-3-6-10/h1-8H,9H2. The van der Waals surface area contributed by atoms with Crippen molar-refractivity contribution < 1.29 is 9.66 Å². The minimum Gasteiger partial charge on any atom is -0.482 e. The lowest BCUT2D eigenvalue weighted by molar-refractivity contribution is -0.386. The monoisotopic (exact) mass is 307 g/mol. The Morgan fingerprint density at radius 1 is 1.11 bits per heavy atom. The Bertz CT molecular complexity index is 557. The number of para-hydroxylation sites is 1. The first kappa shape index (κ1) is 12.6. The van der Waals surface area contributed by atoms with E-state index in [4.69, 9.17) is 4.74 Å². The molecule has 2 rings (SSSR count). The maximum absolute atomic E-state index is 10.9. The Kier molecular flexibility index (Phi) is 3.94. The van der Waals surface area contributed by atoms with Crippen LogP contribution in [-0.2, 0) is 6.61 Å². The van der Waals surface area contributed by atoms with E-state index in [0.29, 0.717) is 11.1 Å². The van der Waals surface area contributed by atoms with Gasteiger partial charge in [-0.25, -0.2) is 0 Å². The van der Waals surface area contributed by atoms with Crippen molar-refractivity contribution in [3.05, 3.63) is 68.7 Å². The molecule has 0 saturated heterocycles. The molecule has 0 N–H and O–H groups in total. The summed E-state index contributed by atoms with van der Waals surface area (Å²) in [5, 5.41) is 10.9. The third-order valence-corrected chi connectivity index (χ3v) is 3.01. The van der Waals surface area contributed by atoms with E-state index in [2.05, 4.69) is 15.9 Å². The molecule has 0 aliphatic heterocycles. The number of halogens is 1. The molecule has 0 amide bonds. The highest BCUT2D eigenvalue weighted by molar-refractivity contribution is 9.10. The fourth-order valence-electron chi connectivity index (χ4n) is 1.52. The van der Waals surface area contributed by atoms with Crippen molar-refractivity contribution in [2.45, 2.75) is 6.61 Å². The third-order valence-electron chi connectivity index (χ3n) is 2.37. The average Bonchev–Trinajstić information content (AvgIpc) is 2.37. The molecule has 18 heavy (non-hydrogen) atoms. The maximum Gasteiger partial charge on any atom is 0.324 e. The molecule has 0 radical (unpaired) electrons. The van der Waals surface area contributed by atoms with E-state index < -0.39 is 4.92 Å². The van der Waals surface area contributed by atoms with Crippen LogP contribution in [0.25, 0.3) is 0 Å². The van der Waals surface area contributed by atoms with Gasteiger partial charge in [0, 0.05) is 0 Å². The first-order valence-electron chi connectivity index (χ1n) is 5.28. The Morgan fingerprint density at radius 3 is 2.50 bits per heavy atom. The van der Waals surface area contributed by atoms with Crippen LogP contribution in [0, 0.1) is 10.1 Å². The molecule has 2 aromatic carbocycles. The summed E-state index contributed by atoms with van der Waals surface area (Å²) in [4.78, 5) is 10.5. The molecule has 0 atom stereocenters. The predicted molar refractivity (Wildman–Crippen MR) is 71.6 cm³/mol. The SMILES string of the molecule is O=[N+]([O-])c1c(Br)cccc1OCc1ccccc1. The van der Waals surface area contributed by atoms with Crippen LogP contribution in [0.15, 0.2) is 53.0 Å². The van der Waals surface area contributed by atoms with Gasteiger partial charge in [-0.1, -0.05) is 36.4 Å². The molecule has 0 bridgehead atoms. The van der Waals surface area contributed by atoms with E-state index in [1.165, 1.54) is 0 Å². The van der Waals surface area contributed by atoms with Crippen molar-refractivity contribution in [2.24, 2.45) is 0 Å². The van der Waals surface area contributed by atoms with Crippen LogP contribution in [0.5, 0.6) is 5.75 Å². The maximum atomic E-state index is 10.9. The van der Waals surface area contributed by atoms with E-state index in [1.807, 2.05) is 30.3 Å². The average molecular weight is 308 g/mol. The normalized spacial score (nSPS) is 10.1. The number of ether oxygens (including phenoxy) is 1. The van der Waals surface area contributed by atoms with Crippen molar-refractivity contribution in [2.75, 3.05) is 0 Å². The van der Waals surface area contributed by atoms with Crippen molar-refractivity contribution in [1.82, 2.24) is 0 Å². The minimum atomic E-state index is -0.454. The molecular formula is C13H10BrNO3. The zero-order chi connectivity index (χ0) is 13.0. The van der Waals surface area contributed by atoms with Crippen LogP contribution >= 0.6 is 15.9 Å². The van der Waals surface area contributed by atoms with Crippen molar-refractivity contribution >= 4 is 21.6 Å². The van der Waals surface area contributed by atoms with Gasteiger partial charge in [-0.15, -0.1) is 0 Å². The zero-order valence-corrected chi connectivity index (χ0v) is 11.0. The number of hydrogen-bond donors (Lipinski definition) is 0. The summed E-state index contributed by atoms with van der Waals surface area (Å²) < 4.78 is 5.91. The van der Waals surface area contributed by atoms with Gasteiger partial charge in [0.25, 0.3) is 0 Å². The largest absolute Gasteiger partial charge is 0.482 e. The Balaban J connectivity index is 2.20. The molecular weight excluding hydrogens is 298 g/mol. The molecule has 0 unspecified atom stereocenters. The predicted octanol–water partition coefficient (Wildman–Crippen LogP) is 3.94. The van der Waals surface area contributed by atoms with Crippen molar-refractivity contribution in [1.29, 1.82) is 0 Å². The summed E-state index contributed by atoms with van der Waals surface area (Å²) in [5.41, 5.74) is 0.917. The van der Waals surface area contributed by atoms with Gasteiger partial charge in [-0.2, -0.15) is 0 Å². The van der Waals surface area contributed by atoms with E-state index >= 15 is 0 Å². The summed E-state index contributed by atoms with van der Waals surface area (Å²) in [6, 6.07) is 14.4. The molecule has 92 valence electrons. The molecule has 0 fully saturated rings. The van der Waals surface area contributed by atoms with Crippen LogP contribution in [-0.4, -0.2) is 4.92 Å². The fraction of sp³-hybridized carbons (Fsp3) is 0.0769. The first-order valence-corrected chi connectivity index (χ1v) is 6.07. The van der Waals surface area contributed by atoms with Gasteiger partial charge in [0.1, 0.15) is 6.61 Å². The molecule has 0 saturated carbocycles. The molecule has 0 aliphatic rings. The van der Waals surface area contributed by atoms with Gasteiger partial charge in [0.15, 0.2) is 5.75 Å². The van der Waals surface area contributed by atoms with Gasteiger partial charge in [0.2, 0.25) is 0 Å². The highest BCUT2D eigenvalue weighted by atomic mass is 79.9. The van der Waals surface area contributed by atoms with Crippen molar-refractivity contribution in [3.8, 4) is 5.75 Å².